The van der Waals surface area contributed by atoms with Crippen molar-refractivity contribution in [3.05, 3.63) is 24.3 Å². The molecule has 2 rings (SSSR count). The quantitative estimate of drug-likeness (QED) is 0.769. The van der Waals surface area contributed by atoms with E-state index in [1.165, 1.54) is 0 Å². The molecule has 1 aliphatic rings. The molecule has 20 heavy (non-hydrogen) atoms. The van der Waals surface area contributed by atoms with Crippen LogP contribution in [0.2, 0.25) is 0 Å². The second-order valence-electron chi connectivity index (χ2n) is 5.09. The van der Waals surface area contributed by atoms with E-state index in [1.807, 2.05) is 0 Å². The Balaban J connectivity index is 1.98. The predicted molar refractivity (Wildman–Crippen MR) is 73.9 cm³/mol. The highest BCUT2D eigenvalue weighted by atomic mass is 16.5. The molecule has 6 nitrogen and oxygen atoms in total. The molecule has 2 amide bonds. The summed E-state index contributed by atoms with van der Waals surface area (Å²) >= 11 is 0. The van der Waals surface area contributed by atoms with Gasteiger partial charge in [-0.1, -0.05) is 0 Å². The van der Waals surface area contributed by atoms with Gasteiger partial charge in [0.05, 0.1) is 7.11 Å². The number of methoxy groups -OCH3 is 1. The minimum absolute atomic E-state index is 0.00150. The molecule has 6 heteroatoms. The summed E-state index contributed by atoms with van der Waals surface area (Å²) in [6.45, 7) is 1.54. The van der Waals surface area contributed by atoms with E-state index in [2.05, 4.69) is 10.6 Å². The summed E-state index contributed by atoms with van der Waals surface area (Å²) in [5.41, 5.74) is -0.636. The van der Waals surface area contributed by atoms with E-state index in [0.717, 1.165) is 12.8 Å². The fourth-order valence-electron chi connectivity index (χ4n) is 2.06. The van der Waals surface area contributed by atoms with Crippen molar-refractivity contribution in [1.82, 2.24) is 5.32 Å². The van der Waals surface area contributed by atoms with Crippen molar-refractivity contribution in [1.29, 1.82) is 0 Å². The van der Waals surface area contributed by atoms with Gasteiger partial charge in [-0.3, -0.25) is 0 Å². The van der Waals surface area contributed by atoms with Gasteiger partial charge < -0.3 is 20.5 Å². The van der Waals surface area contributed by atoms with E-state index in [9.17, 15) is 14.7 Å². The lowest BCUT2D eigenvalue weighted by atomic mass is 9.96. The second-order valence-corrected chi connectivity index (χ2v) is 5.09. The molecule has 1 saturated carbocycles. The van der Waals surface area contributed by atoms with Crippen LogP contribution in [0, 0.1) is 5.92 Å². The molecule has 1 aromatic carbocycles. The monoisotopic (exact) mass is 278 g/mol. The molecular formula is C14H18N2O4. The Bertz CT molecular complexity index is 510. The smallest absolute Gasteiger partial charge is 0.329 e. The summed E-state index contributed by atoms with van der Waals surface area (Å²) in [5.74, 6) is -0.323. The summed E-state index contributed by atoms with van der Waals surface area (Å²) in [6.07, 6.45) is 1.65. The molecule has 0 aliphatic heterocycles. The van der Waals surface area contributed by atoms with Gasteiger partial charge in [-0.15, -0.1) is 0 Å². The van der Waals surface area contributed by atoms with Crippen LogP contribution < -0.4 is 15.4 Å². The number of hydrogen-bond acceptors (Lipinski definition) is 3. The molecule has 1 fully saturated rings. The van der Waals surface area contributed by atoms with Gasteiger partial charge in [0.2, 0.25) is 0 Å². The van der Waals surface area contributed by atoms with Crippen molar-refractivity contribution in [2.45, 2.75) is 25.3 Å². The highest BCUT2D eigenvalue weighted by molar-refractivity contribution is 5.94. The van der Waals surface area contributed by atoms with E-state index in [4.69, 9.17) is 4.74 Å². The average Bonchev–Trinajstić information content (AvgIpc) is 3.23. The Morgan fingerprint density at radius 1 is 1.30 bits per heavy atom. The topological polar surface area (TPSA) is 87.7 Å². The van der Waals surface area contributed by atoms with E-state index < -0.39 is 17.5 Å². The van der Waals surface area contributed by atoms with Crippen molar-refractivity contribution in [2.75, 3.05) is 12.4 Å². The average molecular weight is 278 g/mol. The van der Waals surface area contributed by atoms with Crippen LogP contribution in [0.4, 0.5) is 10.5 Å². The number of carbonyl (C=O) groups is 2. The first-order valence-corrected chi connectivity index (χ1v) is 6.42. The number of aliphatic carboxylic acids is 1. The number of benzene rings is 1. The summed E-state index contributed by atoms with van der Waals surface area (Å²) in [6, 6.07) is 6.29. The Labute approximate surface area is 117 Å². The van der Waals surface area contributed by atoms with Gasteiger partial charge in [-0.05, 0) is 49.9 Å². The van der Waals surface area contributed by atoms with Crippen molar-refractivity contribution in [3.63, 3.8) is 0 Å². The third-order valence-corrected chi connectivity index (χ3v) is 3.56. The molecule has 0 radical (unpaired) electrons. The fourth-order valence-corrected chi connectivity index (χ4v) is 2.06. The molecule has 108 valence electrons. The summed E-state index contributed by atoms with van der Waals surface area (Å²) < 4.78 is 5.02. The van der Waals surface area contributed by atoms with Crippen LogP contribution in [0.3, 0.4) is 0 Å². The molecule has 1 aliphatic carbocycles. The molecule has 1 atom stereocenters. The number of carboxylic acids is 1. The van der Waals surface area contributed by atoms with Crippen LogP contribution in [0.25, 0.3) is 0 Å². The first-order chi connectivity index (χ1) is 9.45. The zero-order valence-electron chi connectivity index (χ0n) is 11.5. The molecule has 0 saturated heterocycles. The van der Waals surface area contributed by atoms with Crippen molar-refractivity contribution >= 4 is 17.7 Å². The van der Waals surface area contributed by atoms with Gasteiger partial charge in [-0.2, -0.15) is 0 Å². The number of anilines is 1. The predicted octanol–water partition coefficient (Wildman–Crippen LogP) is 2.07. The van der Waals surface area contributed by atoms with E-state index in [1.54, 1.807) is 38.3 Å². The number of carbonyl (C=O) groups excluding carboxylic acids is 1. The van der Waals surface area contributed by atoms with Gasteiger partial charge in [0.25, 0.3) is 0 Å². The van der Waals surface area contributed by atoms with Crippen molar-refractivity contribution < 1.29 is 19.4 Å². The number of ether oxygens (including phenoxy) is 1. The molecular weight excluding hydrogens is 260 g/mol. The zero-order chi connectivity index (χ0) is 14.8. The minimum Gasteiger partial charge on any atom is -0.497 e. The van der Waals surface area contributed by atoms with E-state index in [-0.39, 0.29) is 5.92 Å². The second kappa shape index (κ2) is 5.40. The molecule has 0 spiro atoms. The normalized spacial score (nSPS) is 16.9. The molecule has 0 aromatic heterocycles. The lowest BCUT2D eigenvalue weighted by Gasteiger charge is -2.26. The summed E-state index contributed by atoms with van der Waals surface area (Å²) in [7, 11) is 1.56. The van der Waals surface area contributed by atoms with Gasteiger partial charge >= 0.3 is 12.0 Å². The maximum absolute atomic E-state index is 11.9. The lowest BCUT2D eigenvalue weighted by molar-refractivity contribution is -0.144. The first kappa shape index (κ1) is 14.2. The standard InChI is InChI=1S/C14H18N2O4/c1-14(12(17)18,9-3-4-9)16-13(19)15-10-5-7-11(20-2)8-6-10/h5-9H,3-4H2,1-2H3,(H,17,18)(H2,15,16,19). The SMILES string of the molecule is COc1ccc(NC(=O)NC(C)(C(=O)O)C2CC2)cc1. The molecule has 0 bridgehead atoms. The number of nitrogens with one attached hydrogen (secondary N) is 2. The molecule has 3 N–H and O–H groups in total. The fraction of sp³-hybridized carbons (Fsp3) is 0.429. The summed E-state index contributed by atoms with van der Waals surface area (Å²) in [4.78, 5) is 23.2. The van der Waals surface area contributed by atoms with E-state index >= 15 is 0 Å². The zero-order valence-corrected chi connectivity index (χ0v) is 11.5. The highest BCUT2D eigenvalue weighted by Gasteiger charge is 2.48. The summed E-state index contributed by atoms with van der Waals surface area (Å²) in [5, 5.41) is 14.4. The third-order valence-electron chi connectivity index (χ3n) is 3.56. The Kier molecular flexibility index (Phi) is 3.83. The largest absolute Gasteiger partial charge is 0.497 e. The van der Waals surface area contributed by atoms with Gasteiger partial charge in [0.1, 0.15) is 11.3 Å². The van der Waals surface area contributed by atoms with Crippen LogP contribution in [0.15, 0.2) is 24.3 Å². The number of amides is 2. The lowest BCUT2D eigenvalue weighted by Crippen LogP contribution is -2.55. The number of urea groups is 1. The molecule has 1 unspecified atom stereocenters. The van der Waals surface area contributed by atoms with Crippen LogP contribution in [0.1, 0.15) is 19.8 Å². The number of rotatable bonds is 5. The van der Waals surface area contributed by atoms with Crippen molar-refractivity contribution in [3.8, 4) is 5.75 Å². The van der Waals surface area contributed by atoms with E-state index in [0.29, 0.717) is 11.4 Å². The Hall–Kier alpha value is -2.24. The number of carboxylic acid groups (broad SMARTS) is 1. The maximum Gasteiger partial charge on any atom is 0.329 e. The van der Waals surface area contributed by atoms with Crippen molar-refractivity contribution in [2.24, 2.45) is 5.92 Å². The van der Waals surface area contributed by atoms with Gasteiger partial charge in [0.15, 0.2) is 0 Å². The number of hydrogen-bond donors (Lipinski definition) is 3. The Morgan fingerprint density at radius 2 is 1.90 bits per heavy atom. The van der Waals surface area contributed by atoms with Gasteiger partial charge in [0, 0.05) is 5.69 Å². The van der Waals surface area contributed by atoms with Crippen LogP contribution in [-0.4, -0.2) is 29.8 Å². The Morgan fingerprint density at radius 3 is 2.35 bits per heavy atom. The highest BCUT2D eigenvalue weighted by Crippen LogP contribution is 2.39. The molecule has 0 heterocycles. The van der Waals surface area contributed by atoms with Crippen LogP contribution in [0.5, 0.6) is 5.75 Å². The van der Waals surface area contributed by atoms with Gasteiger partial charge in [-0.25, -0.2) is 9.59 Å². The molecule has 1 aromatic rings. The third kappa shape index (κ3) is 3.01. The minimum atomic E-state index is -1.21. The van der Waals surface area contributed by atoms with Crippen LogP contribution >= 0.6 is 0 Å². The van der Waals surface area contributed by atoms with Crippen LogP contribution in [-0.2, 0) is 4.79 Å². The first-order valence-electron chi connectivity index (χ1n) is 6.42. The maximum atomic E-state index is 11.9.